The molecule has 0 spiro atoms. The summed E-state index contributed by atoms with van der Waals surface area (Å²) in [4.78, 5) is 22.3. The van der Waals surface area contributed by atoms with E-state index in [1.54, 1.807) is 20.8 Å². The van der Waals surface area contributed by atoms with Gasteiger partial charge in [0.1, 0.15) is 0 Å². The molecule has 2 N–H and O–H groups in total. The molecule has 0 aliphatic carbocycles. The van der Waals surface area contributed by atoms with Crippen LogP contribution in [0.15, 0.2) is 0 Å². The quantitative estimate of drug-likeness (QED) is 0.681. The molecule has 6 nitrogen and oxygen atoms in total. The Labute approximate surface area is 107 Å². The van der Waals surface area contributed by atoms with Crippen LogP contribution in [0.3, 0.4) is 0 Å². The van der Waals surface area contributed by atoms with Crippen molar-refractivity contribution in [3.63, 3.8) is 0 Å². The maximum absolute atomic E-state index is 11.8. The van der Waals surface area contributed by atoms with E-state index in [9.17, 15) is 18.0 Å². The van der Waals surface area contributed by atoms with Crippen molar-refractivity contribution < 1.29 is 18.0 Å². The van der Waals surface area contributed by atoms with Gasteiger partial charge in [-0.2, -0.15) is 0 Å². The highest BCUT2D eigenvalue weighted by Crippen LogP contribution is 2.15. The second kappa shape index (κ2) is 5.36. The molecule has 1 aliphatic rings. The molecule has 1 saturated heterocycles. The van der Waals surface area contributed by atoms with Gasteiger partial charge in [0, 0.05) is 13.0 Å². The number of amides is 2. The molecule has 0 radical (unpaired) electrons. The van der Waals surface area contributed by atoms with Crippen molar-refractivity contribution in [2.45, 2.75) is 44.4 Å². The molecule has 0 bridgehead atoms. The summed E-state index contributed by atoms with van der Waals surface area (Å²) in [6, 6.07) is -0.474. The topological polar surface area (TPSA) is 92.3 Å². The number of hydrogen-bond donors (Lipinski definition) is 2. The zero-order valence-corrected chi connectivity index (χ0v) is 11.8. The Morgan fingerprint density at radius 2 is 1.94 bits per heavy atom. The monoisotopic (exact) mass is 276 g/mol. The highest BCUT2D eigenvalue weighted by Gasteiger charge is 2.30. The standard InChI is InChI=1S/C11H20N2O4S/c1-11(2,3)18(16,17)7-6-12-8-4-5-9(14)13-10(8)15/h8,12H,4-7H2,1-3H3,(H,13,14,15). The number of piperidine rings is 1. The van der Waals surface area contributed by atoms with Gasteiger partial charge in [-0.05, 0) is 27.2 Å². The van der Waals surface area contributed by atoms with Gasteiger partial charge in [0.2, 0.25) is 11.8 Å². The van der Waals surface area contributed by atoms with Crippen LogP contribution in [0.5, 0.6) is 0 Å². The van der Waals surface area contributed by atoms with Crippen LogP contribution >= 0.6 is 0 Å². The molecule has 2 amide bonds. The van der Waals surface area contributed by atoms with Crippen molar-refractivity contribution in [3.8, 4) is 0 Å². The Morgan fingerprint density at radius 3 is 2.44 bits per heavy atom. The normalized spacial score (nSPS) is 21.8. The second-order valence-corrected chi connectivity index (χ2v) is 8.25. The minimum atomic E-state index is -3.19. The van der Waals surface area contributed by atoms with Crippen LogP contribution in [0.1, 0.15) is 33.6 Å². The SMILES string of the molecule is CC(C)(C)S(=O)(=O)CCNC1CCC(=O)NC1=O. The van der Waals surface area contributed by atoms with Crippen LogP contribution in [0.4, 0.5) is 0 Å². The first-order valence-corrected chi connectivity index (χ1v) is 7.58. The molecular weight excluding hydrogens is 256 g/mol. The molecule has 104 valence electrons. The number of nitrogens with one attached hydrogen (secondary N) is 2. The van der Waals surface area contributed by atoms with Gasteiger partial charge in [-0.15, -0.1) is 0 Å². The van der Waals surface area contributed by atoms with Crippen LogP contribution in [-0.2, 0) is 19.4 Å². The lowest BCUT2D eigenvalue weighted by molar-refractivity contribution is -0.134. The van der Waals surface area contributed by atoms with Gasteiger partial charge in [-0.1, -0.05) is 0 Å². The maximum atomic E-state index is 11.8. The fourth-order valence-electron chi connectivity index (χ4n) is 1.56. The number of hydrogen-bond acceptors (Lipinski definition) is 5. The number of imide groups is 1. The predicted molar refractivity (Wildman–Crippen MR) is 67.7 cm³/mol. The van der Waals surface area contributed by atoms with Crippen molar-refractivity contribution in [2.75, 3.05) is 12.3 Å². The zero-order chi connectivity index (χ0) is 14.0. The molecule has 0 saturated carbocycles. The van der Waals surface area contributed by atoms with E-state index in [1.165, 1.54) is 0 Å². The molecule has 1 aliphatic heterocycles. The Kier molecular flexibility index (Phi) is 4.50. The van der Waals surface area contributed by atoms with Crippen LogP contribution in [-0.4, -0.2) is 43.3 Å². The molecule has 0 aromatic rings. The fraction of sp³-hybridized carbons (Fsp3) is 0.818. The van der Waals surface area contributed by atoms with E-state index >= 15 is 0 Å². The van der Waals surface area contributed by atoms with Gasteiger partial charge in [-0.3, -0.25) is 14.9 Å². The van der Waals surface area contributed by atoms with Crippen molar-refractivity contribution in [2.24, 2.45) is 0 Å². The predicted octanol–water partition coefficient (Wildman–Crippen LogP) is -0.405. The maximum Gasteiger partial charge on any atom is 0.243 e. The zero-order valence-electron chi connectivity index (χ0n) is 10.9. The first-order chi connectivity index (χ1) is 8.13. The average Bonchev–Trinajstić information content (AvgIpc) is 2.19. The Bertz CT molecular complexity index is 436. The highest BCUT2D eigenvalue weighted by molar-refractivity contribution is 7.92. The highest BCUT2D eigenvalue weighted by atomic mass is 32.2. The van der Waals surface area contributed by atoms with Crippen molar-refractivity contribution in [1.29, 1.82) is 0 Å². The van der Waals surface area contributed by atoms with Gasteiger partial charge in [0.05, 0.1) is 16.5 Å². The molecule has 1 rings (SSSR count). The van der Waals surface area contributed by atoms with Crippen LogP contribution in [0.2, 0.25) is 0 Å². The largest absolute Gasteiger partial charge is 0.305 e. The summed E-state index contributed by atoms with van der Waals surface area (Å²) in [6.07, 6.45) is 0.704. The number of sulfone groups is 1. The lowest BCUT2D eigenvalue weighted by Gasteiger charge is -2.23. The molecule has 7 heteroatoms. The average molecular weight is 276 g/mol. The molecule has 18 heavy (non-hydrogen) atoms. The smallest absolute Gasteiger partial charge is 0.243 e. The third-order valence-electron chi connectivity index (χ3n) is 2.93. The van der Waals surface area contributed by atoms with E-state index in [-0.39, 0.29) is 30.5 Å². The molecule has 1 atom stereocenters. The molecule has 1 fully saturated rings. The summed E-state index contributed by atoms with van der Waals surface area (Å²) in [5, 5.41) is 5.09. The van der Waals surface area contributed by atoms with Gasteiger partial charge < -0.3 is 5.32 Å². The van der Waals surface area contributed by atoms with Crippen LogP contribution in [0, 0.1) is 0 Å². The van der Waals surface area contributed by atoms with Crippen LogP contribution < -0.4 is 10.6 Å². The lowest BCUT2D eigenvalue weighted by Crippen LogP contribution is -2.51. The van der Waals surface area contributed by atoms with E-state index in [0.717, 1.165) is 0 Å². The van der Waals surface area contributed by atoms with Gasteiger partial charge in [-0.25, -0.2) is 8.42 Å². The van der Waals surface area contributed by atoms with E-state index in [4.69, 9.17) is 0 Å². The number of rotatable bonds is 4. The first kappa shape index (κ1) is 15.1. The van der Waals surface area contributed by atoms with E-state index in [1.807, 2.05) is 0 Å². The molecular formula is C11H20N2O4S. The third-order valence-corrected chi connectivity index (χ3v) is 5.54. The molecule has 0 aromatic carbocycles. The lowest BCUT2D eigenvalue weighted by atomic mass is 10.1. The summed E-state index contributed by atoms with van der Waals surface area (Å²) < 4.78 is 22.9. The Morgan fingerprint density at radius 1 is 1.33 bits per heavy atom. The van der Waals surface area contributed by atoms with Crippen molar-refractivity contribution >= 4 is 21.7 Å². The van der Waals surface area contributed by atoms with Crippen molar-refractivity contribution in [3.05, 3.63) is 0 Å². The van der Waals surface area contributed by atoms with E-state index in [2.05, 4.69) is 10.6 Å². The molecule has 1 heterocycles. The first-order valence-electron chi connectivity index (χ1n) is 5.93. The summed E-state index contributed by atoms with van der Waals surface area (Å²) in [6.45, 7) is 5.16. The minimum absolute atomic E-state index is 0.0196. The minimum Gasteiger partial charge on any atom is -0.305 e. The van der Waals surface area contributed by atoms with Gasteiger partial charge in [0.25, 0.3) is 0 Å². The molecule has 0 aromatic heterocycles. The fourth-order valence-corrected chi connectivity index (χ4v) is 2.56. The Balaban J connectivity index is 2.44. The summed E-state index contributed by atoms with van der Waals surface area (Å²) >= 11 is 0. The van der Waals surface area contributed by atoms with Gasteiger partial charge in [0.15, 0.2) is 9.84 Å². The van der Waals surface area contributed by atoms with Gasteiger partial charge >= 0.3 is 0 Å². The summed E-state index contributed by atoms with van der Waals surface area (Å²) in [7, 11) is -3.19. The second-order valence-electron chi connectivity index (χ2n) is 5.39. The van der Waals surface area contributed by atoms with E-state index in [0.29, 0.717) is 6.42 Å². The summed E-state index contributed by atoms with van der Waals surface area (Å²) in [5.74, 6) is -0.673. The van der Waals surface area contributed by atoms with Crippen LogP contribution in [0.25, 0.3) is 0 Å². The number of carbonyl (C=O) groups excluding carboxylic acids is 2. The third kappa shape index (κ3) is 3.78. The van der Waals surface area contributed by atoms with E-state index < -0.39 is 20.6 Å². The summed E-state index contributed by atoms with van der Waals surface area (Å²) in [5.41, 5.74) is 0. The molecule has 1 unspecified atom stereocenters. The Hall–Kier alpha value is -0.950. The van der Waals surface area contributed by atoms with Crippen molar-refractivity contribution in [1.82, 2.24) is 10.6 Å². The number of carbonyl (C=O) groups is 2.